The van der Waals surface area contributed by atoms with E-state index in [0.29, 0.717) is 23.1 Å². The van der Waals surface area contributed by atoms with E-state index in [0.717, 1.165) is 5.56 Å². The molecule has 0 radical (unpaired) electrons. The molecular formula is C12H12BrFN4O. The molecular weight excluding hydrogens is 315 g/mol. The third kappa shape index (κ3) is 2.88. The summed E-state index contributed by atoms with van der Waals surface area (Å²) in [5.41, 5.74) is 9.69. The smallest absolute Gasteiger partial charge is 0.227 e. The molecule has 1 unspecified atom stereocenters. The number of carbonyl (C=O) groups is 1. The van der Waals surface area contributed by atoms with E-state index in [1.807, 2.05) is 6.92 Å². The number of hydrogen-bond donors (Lipinski definition) is 0. The molecule has 7 heteroatoms. The van der Waals surface area contributed by atoms with Crippen molar-refractivity contribution in [3.8, 4) is 0 Å². The topological polar surface area (TPSA) is 69.1 Å². The highest BCUT2D eigenvalue weighted by molar-refractivity contribution is 9.10. The van der Waals surface area contributed by atoms with Gasteiger partial charge in [-0.15, -0.1) is 0 Å². The molecule has 2 rings (SSSR count). The van der Waals surface area contributed by atoms with Crippen LogP contribution in [0.2, 0.25) is 0 Å². The largest absolute Gasteiger partial charge is 0.312 e. The van der Waals surface area contributed by atoms with Gasteiger partial charge >= 0.3 is 0 Å². The monoisotopic (exact) mass is 326 g/mol. The normalized spacial score (nSPS) is 18.6. The Morgan fingerprint density at radius 3 is 3.05 bits per heavy atom. The molecule has 19 heavy (non-hydrogen) atoms. The van der Waals surface area contributed by atoms with Crippen LogP contribution in [0.15, 0.2) is 21.7 Å². The van der Waals surface area contributed by atoms with Crippen molar-refractivity contribution in [3.05, 3.63) is 38.4 Å². The van der Waals surface area contributed by atoms with Crippen LogP contribution in [0.4, 0.5) is 10.1 Å². The summed E-state index contributed by atoms with van der Waals surface area (Å²) in [5.74, 6) is -0.468. The van der Waals surface area contributed by atoms with Crippen LogP contribution in [0.1, 0.15) is 12.0 Å². The second kappa shape index (κ2) is 5.59. The number of amides is 1. The second-order valence-corrected chi connectivity index (χ2v) is 5.40. The molecule has 1 amide bonds. The zero-order chi connectivity index (χ0) is 14.0. The Hall–Kier alpha value is -1.59. The lowest BCUT2D eigenvalue weighted by atomic mass is 10.1. The fraction of sp³-hybridized carbons (Fsp3) is 0.417. The summed E-state index contributed by atoms with van der Waals surface area (Å²) >= 11 is 3.12. The number of rotatable bonds is 3. The standard InChI is InChI=1S/C12H12BrFN4O/c1-7-2-9(13)10(14)4-11(7)18-6-8(3-12(18)19)5-16-17-15/h2,4,8H,3,5-6H2,1H3. The maximum atomic E-state index is 13.6. The summed E-state index contributed by atoms with van der Waals surface area (Å²) < 4.78 is 14.0. The van der Waals surface area contributed by atoms with E-state index >= 15 is 0 Å². The number of anilines is 1. The van der Waals surface area contributed by atoms with Crippen LogP contribution in [0, 0.1) is 18.7 Å². The third-order valence-corrected chi connectivity index (χ3v) is 3.75. The van der Waals surface area contributed by atoms with Gasteiger partial charge in [0, 0.05) is 30.1 Å². The molecule has 1 atom stereocenters. The quantitative estimate of drug-likeness (QED) is 0.475. The third-order valence-electron chi connectivity index (χ3n) is 3.14. The Labute approximate surface area is 118 Å². The predicted octanol–water partition coefficient (Wildman–Crippen LogP) is 3.56. The minimum Gasteiger partial charge on any atom is -0.312 e. The zero-order valence-electron chi connectivity index (χ0n) is 10.3. The van der Waals surface area contributed by atoms with Crippen molar-refractivity contribution in [2.24, 2.45) is 11.0 Å². The first kappa shape index (κ1) is 13.8. The van der Waals surface area contributed by atoms with E-state index < -0.39 is 5.82 Å². The molecule has 0 bridgehead atoms. The fourth-order valence-corrected chi connectivity index (χ4v) is 2.67. The number of nitrogens with zero attached hydrogens (tertiary/aromatic N) is 4. The van der Waals surface area contributed by atoms with Gasteiger partial charge < -0.3 is 4.90 Å². The molecule has 1 aromatic carbocycles. The number of aryl methyl sites for hydroxylation is 1. The minimum atomic E-state index is -0.396. The Morgan fingerprint density at radius 1 is 1.63 bits per heavy atom. The minimum absolute atomic E-state index is 0.00509. The summed E-state index contributed by atoms with van der Waals surface area (Å²) in [6, 6.07) is 3.01. The first-order valence-corrected chi connectivity index (χ1v) is 6.59. The van der Waals surface area contributed by atoms with Gasteiger partial charge in [-0.2, -0.15) is 0 Å². The van der Waals surface area contributed by atoms with Crippen LogP contribution < -0.4 is 4.90 Å². The summed E-state index contributed by atoms with van der Waals surface area (Å²) in [5, 5.41) is 3.49. The van der Waals surface area contributed by atoms with Gasteiger partial charge in [0.15, 0.2) is 0 Å². The van der Waals surface area contributed by atoms with Gasteiger partial charge in [-0.1, -0.05) is 5.11 Å². The highest BCUT2D eigenvalue weighted by Gasteiger charge is 2.31. The molecule has 0 aromatic heterocycles. The average molecular weight is 327 g/mol. The van der Waals surface area contributed by atoms with E-state index in [4.69, 9.17) is 5.53 Å². The zero-order valence-corrected chi connectivity index (χ0v) is 11.9. The van der Waals surface area contributed by atoms with Crippen molar-refractivity contribution < 1.29 is 9.18 Å². The lowest BCUT2D eigenvalue weighted by Gasteiger charge is -2.19. The molecule has 0 aliphatic carbocycles. The van der Waals surface area contributed by atoms with Crippen molar-refractivity contribution in [2.45, 2.75) is 13.3 Å². The lowest BCUT2D eigenvalue weighted by Crippen LogP contribution is -2.25. The molecule has 1 saturated heterocycles. The van der Waals surface area contributed by atoms with Crippen LogP contribution in [0.25, 0.3) is 10.4 Å². The number of carbonyl (C=O) groups excluding carboxylic acids is 1. The van der Waals surface area contributed by atoms with Crippen LogP contribution in [0.3, 0.4) is 0 Å². The van der Waals surface area contributed by atoms with Crippen LogP contribution in [-0.2, 0) is 4.79 Å². The summed E-state index contributed by atoms with van der Waals surface area (Å²) in [4.78, 5) is 16.2. The van der Waals surface area contributed by atoms with E-state index in [1.165, 1.54) is 6.07 Å². The van der Waals surface area contributed by atoms with Gasteiger partial charge in [0.25, 0.3) is 0 Å². The Balaban J connectivity index is 2.25. The van der Waals surface area contributed by atoms with E-state index in [9.17, 15) is 9.18 Å². The van der Waals surface area contributed by atoms with Crippen LogP contribution >= 0.6 is 15.9 Å². The first-order chi connectivity index (χ1) is 9.02. The maximum absolute atomic E-state index is 13.6. The van der Waals surface area contributed by atoms with Gasteiger partial charge in [0.05, 0.1) is 4.47 Å². The lowest BCUT2D eigenvalue weighted by molar-refractivity contribution is -0.117. The Kier molecular flexibility index (Phi) is 4.07. The molecule has 0 N–H and O–H groups in total. The summed E-state index contributed by atoms with van der Waals surface area (Å²) in [6.07, 6.45) is 0.330. The number of halogens is 2. The van der Waals surface area contributed by atoms with Gasteiger partial charge in [-0.3, -0.25) is 4.79 Å². The molecule has 1 fully saturated rings. The van der Waals surface area contributed by atoms with E-state index in [2.05, 4.69) is 26.0 Å². The molecule has 1 aromatic rings. The van der Waals surface area contributed by atoms with Gasteiger partial charge in [0.1, 0.15) is 5.82 Å². The molecule has 100 valence electrons. The van der Waals surface area contributed by atoms with E-state index in [-0.39, 0.29) is 18.4 Å². The molecule has 5 nitrogen and oxygen atoms in total. The molecule has 1 aliphatic rings. The Bertz CT molecular complexity index is 571. The molecule has 1 heterocycles. The van der Waals surface area contributed by atoms with Crippen molar-refractivity contribution >= 4 is 27.5 Å². The number of azide groups is 1. The van der Waals surface area contributed by atoms with Crippen molar-refractivity contribution in [3.63, 3.8) is 0 Å². The number of hydrogen-bond acceptors (Lipinski definition) is 2. The van der Waals surface area contributed by atoms with Crippen molar-refractivity contribution in [2.75, 3.05) is 18.0 Å². The maximum Gasteiger partial charge on any atom is 0.227 e. The summed E-state index contributed by atoms with van der Waals surface area (Å²) in [7, 11) is 0. The average Bonchev–Trinajstić information content (AvgIpc) is 2.72. The Morgan fingerprint density at radius 2 is 2.37 bits per heavy atom. The van der Waals surface area contributed by atoms with Crippen LogP contribution in [0.5, 0.6) is 0 Å². The molecule has 0 spiro atoms. The SMILES string of the molecule is Cc1cc(Br)c(F)cc1N1CC(CN=[N+]=[N-])CC1=O. The van der Waals surface area contributed by atoms with Crippen molar-refractivity contribution in [1.29, 1.82) is 0 Å². The predicted molar refractivity (Wildman–Crippen MR) is 73.3 cm³/mol. The highest BCUT2D eigenvalue weighted by atomic mass is 79.9. The molecule has 1 aliphatic heterocycles. The fourth-order valence-electron chi connectivity index (χ4n) is 2.22. The highest BCUT2D eigenvalue weighted by Crippen LogP contribution is 2.31. The molecule has 0 saturated carbocycles. The van der Waals surface area contributed by atoms with Crippen molar-refractivity contribution in [1.82, 2.24) is 0 Å². The van der Waals surface area contributed by atoms with Gasteiger partial charge in [-0.25, -0.2) is 4.39 Å². The van der Waals surface area contributed by atoms with Gasteiger partial charge in [0.2, 0.25) is 5.91 Å². The first-order valence-electron chi connectivity index (χ1n) is 5.79. The van der Waals surface area contributed by atoms with Crippen LogP contribution in [-0.4, -0.2) is 19.0 Å². The van der Waals surface area contributed by atoms with Gasteiger partial charge in [-0.05, 0) is 52.0 Å². The second-order valence-electron chi connectivity index (χ2n) is 4.54. The number of benzene rings is 1. The summed E-state index contributed by atoms with van der Waals surface area (Å²) in [6.45, 7) is 2.57. The van der Waals surface area contributed by atoms with E-state index in [1.54, 1.807) is 11.0 Å².